The largest absolute Gasteiger partial charge is 0.463 e. The molecule has 0 fully saturated rings. The van der Waals surface area contributed by atoms with Crippen LogP contribution in [0.25, 0.3) is 0 Å². The quantitative estimate of drug-likeness (QED) is 0.791. The van der Waals surface area contributed by atoms with E-state index in [1.54, 1.807) is 6.07 Å². The Bertz CT molecular complexity index is 386. The van der Waals surface area contributed by atoms with Gasteiger partial charge in [0.15, 0.2) is 0 Å². The topological polar surface area (TPSA) is 51.5 Å². The number of carbonyl (C=O) groups excluding carboxylic acids is 1. The fourth-order valence-corrected chi connectivity index (χ4v) is 1.79. The molecule has 1 rings (SSSR count). The predicted molar refractivity (Wildman–Crippen MR) is 70.5 cm³/mol. The summed E-state index contributed by atoms with van der Waals surface area (Å²) in [5, 5.41) is 3.47. The van der Waals surface area contributed by atoms with Crippen molar-refractivity contribution in [2.24, 2.45) is 5.92 Å². The summed E-state index contributed by atoms with van der Waals surface area (Å²) in [6.07, 6.45) is 1.13. The summed E-state index contributed by atoms with van der Waals surface area (Å²) in [4.78, 5) is 11.3. The maximum atomic E-state index is 11.3. The van der Waals surface area contributed by atoms with Crippen LogP contribution < -0.4 is 5.32 Å². The first-order chi connectivity index (χ1) is 8.49. The summed E-state index contributed by atoms with van der Waals surface area (Å²) in [5.41, 5.74) is 0. The summed E-state index contributed by atoms with van der Waals surface area (Å²) in [5.74, 6) is 1.16. The molecule has 3 unspecified atom stereocenters. The van der Waals surface area contributed by atoms with Gasteiger partial charge in [-0.05, 0) is 31.9 Å². The third-order valence-electron chi connectivity index (χ3n) is 3.45. The Morgan fingerprint density at radius 1 is 1.39 bits per heavy atom. The van der Waals surface area contributed by atoms with Crippen molar-refractivity contribution in [3.8, 4) is 0 Å². The number of methoxy groups -OCH3 is 1. The minimum Gasteiger partial charge on any atom is -0.463 e. The van der Waals surface area contributed by atoms with Gasteiger partial charge < -0.3 is 14.5 Å². The summed E-state index contributed by atoms with van der Waals surface area (Å²) in [7, 11) is 1.34. The van der Waals surface area contributed by atoms with E-state index in [0.717, 1.165) is 12.2 Å². The zero-order valence-corrected chi connectivity index (χ0v) is 11.8. The van der Waals surface area contributed by atoms with Gasteiger partial charge in [0, 0.05) is 6.04 Å². The minimum absolute atomic E-state index is 0.0763. The Labute approximate surface area is 109 Å². The van der Waals surface area contributed by atoms with Gasteiger partial charge in [-0.15, -0.1) is 0 Å². The molecule has 102 valence electrons. The van der Waals surface area contributed by atoms with Crippen LogP contribution >= 0.6 is 0 Å². The maximum Gasteiger partial charge on any atom is 0.373 e. The van der Waals surface area contributed by atoms with Crippen molar-refractivity contribution >= 4 is 5.97 Å². The molecule has 4 nitrogen and oxygen atoms in total. The molecule has 0 aromatic carbocycles. The van der Waals surface area contributed by atoms with Gasteiger partial charge >= 0.3 is 5.97 Å². The zero-order chi connectivity index (χ0) is 13.7. The van der Waals surface area contributed by atoms with E-state index in [-0.39, 0.29) is 11.8 Å². The van der Waals surface area contributed by atoms with Crippen LogP contribution in [0.1, 0.15) is 56.5 Å². The second-order valence-electron chi connectivity index (χ2n) is 4.76. The SMILES string of the molecule is CCC(C)C(C)NC(C)c1ccc(C(=O)OC)o1. The van der Waals surface area contributed by atoms with Gasteiger partial charge in [-0.3, -0.25) is 0 Å². The van der Waals surface area contributed by atoms with Crippen LogP contribution in [0.15, 0.2) is 16.5 Å². The van der Waals surface area contributed by atoms with Gasteiger partial charge in [0.25, 0.3) is 0 Å². The molecule has 18 heavy (non-hydrogen) atoms. The van der Waals surface area contributed by atoms with E-state index >= 15 is 0 Å². The molecule has 4 heteroatoms. The number of rotatable bonds is 6. The van der Waals surface area contributed by atoms with Gasteiger partial charge in [0.1, 0.15) is 5.76 Å². The molecule has 0 saturated carbocycles. The third kappa shape index (κ3) is 3.60. The first-order valence-corrected chi connectivity index (χ1v) is 6.43. The van der Waals surface area contributed by atoms with E-state index in [4.69, 9.17) is 4.42 Å². The highest BCUT2D eigenvalue weighted by Gasteiger charge is 2.18. The second kappa shape index (κ2) is 6.59. The molecule has 0 aliphatic carbocycles. The van der Waals surface area contributed by atoms with Crippen LogP contribution in [0.3, 0.4) is 0 Å². The monoisotopic (exact) mass is 253 g/mol. The number of esters is 1. The maximum absolute atomic E-state index is 11.3. The third-order valence-corrected chi connectivity index (χ3v) is 3.45. The molecule has 0 aliphatic rings. The Hall–Kier alpha value is -1.29. The molecule has 1 N–H and O–H groups in total. The van der Waals surface area contributed by atoms with Gasteiger partial charge in [0.05, 0.1) is 13.2 Å². The molecule has 1 aromatic heterocycles. The molecule has 0 saturated heterocycles. The first kappa shape index (κ1) is 14.8. The zero-order valence-electron chi connectivity index (χ0n) is 11.8. The fourth-order valence-electron chi connectivity index (χ4n) is 1.79. The lowest BCUT2D eigenvalue weighted by molar-refractivity contribution is 0.0562. The second-order valence-corrected chi connectivity index (χ2v) is 4.76. The highest BCUT2D eigenvalue weighted by Crippen LogP contribution is 2.19. The Morgan fingerprint density at radius 2 is 2.06 bits per heavy atom. The molecular weight excluding hydrogens is 230 g/mol. The summed E-state index contributed by atoms with van der Waals surface area (Å²) >= 11 is 0. The molecule has 0 bridgehead atoms. The average Bonchev–Trinajstić information content (AvgIpc) is 2.86. The van der Waals surface area contributed by atoms with Crippen LogP contribution in [0, 0.1) is 5.92 Å². The molecule has 0 radical (unpaired) electrons. The van der Waals surface area contributed by atoms with E-state index < -0.39 is 5.97 Å². The Morgan fingerprint density at radius 3 is 2.61 bits per heavy atom. The van der Waals surface area contributed by atoms with E-state index in [0.29, 0.717) is 12.0 Å². The molecule has 0 aliphatic heterocycles. The van der Waals surface area contributed by atoms with Gasteiger partial charge in [0.2, 0.25) is 5.76 Å². The van der Waals surface area contributed by atoms with Crippen molar-refractivity contribution in [3.05, 3.63) is 23.7 Å². The number of furan rings is 1. The normalized spacial score (nSPS) is 16.1. The molecule has 3 atom stereocenters. The summed E-state index contributed by atoms with van der Waals surface area (Å²) < 4.78 is 10.1. The van der Waals surface area contributed by atoms with Crippen LogP contribution in [0.5, 0.6) is 0 Å². The van der Waals surface area contributed by atoms with E-state index in [2.05, 4.69) is 30.8 Å². The van der Waals surface area contributed by atoms with E-state index in [1.165, 1.54) is 7.11 Å². The standard InChI is InChI=1S/C14H23NO3/c1-6-9(2)10(3)15-11(4)12-7-8-13(18-12)14(16)17-5/h7-11,15H,6H2,1-5H3. The van der Waals surface area contributed by atoms with Crippen LogP contribution in [-0.4, -0.2) is 19.1 Å². The highest BCUT2D eigenvalue weighted by atomic mass is 16.5. The van der Waals surface area contributed by atoms with E-state index in [1.807, 2.05) is 13.0 Å². The van der Waals surface area contributed by atoms with Crippen molar-refractivity contribution < 1.29 is 13.9 Å². The van der Waals surface area contributed by atoms with Crippen LogP contribution in [0.4, 0.5) is 0 Å². The molecule has 0 amide bonds. The molecular formula is C14H23NO3. The molecule has 1 heterocycles. The average molecular weight is 253 g/mol. The lowest BCUT2D eigenvalue weighted by atomic mass is 10.00. The molecule has 0 spiro atoms. The lowest BCUT2D eigenvalue weighted by Gasteiger charge is -2.23. The number of carbonyl (C=O) groups is 1. The summed E-state index contributed by atoms with van der Waals surface area (Å²) in [6, 6.07) is 3.93. The smallest absolute Gasteiger partial charge is 0.373 e. The van der Waals surface area contributed by atoms with Gasteiger partial charge in [-0.25, -0.2) is 4.79 Å². The molecule has 1 aromatic rings. The Balaban J connectivity index is 2.64. The number of hydrogen-bond acceptors (Lipinski definition) is 4. The van der Waals surface area contributed by atoms with Crippen molar-refractivity contribution in [1.29, 1.82) is 0 Å². The van der Waals surface area contributed by atoms with Gasteiger partial charge in [-0.2, -0.15) is 0 Å². The number of ether oxygens (including phenoxy) is 1. The van der Waals surface area contributed by atoms with Gasteiger partial charge in [-0.1, -0.05) is 20.3 Å². The lowest BCUT2D eigenvalue weighted by Crippen LogP contribution is -2.33. The van der Waals surface area contributed by atoms with Crippen molar-refractivity contribution in [2.75, 3.05) is 7.11 Å². The number of nitrogens with one attached hydrogen (secondary N) is 1. The summed E-state index contributed by atoms with van der Waals surface area (Å²) in [6.45, 7) is 8.58. The van der Waals surface area contributed by atoms with Crippen molar-refractivity contribution in [3.63, 3.8) is 0 Å². The Kier molecular flexibility index (Phi) is 5.41. The van der Waals surface area contributed by atoms with Crippen molar-refractivity contribution in [2.45, 2.75) is 46.2 Å². The van der Waals surface area contributed by atoms with E-state index in [9.17, 15) is 4.79 Å². The predicted octanol–water partition coefficient (Wildman–Crippen LogP) is 3.15. The van der Waals surface area contributed by atoms with Crippen LogP contribution in [0.2, 0.25) is 0 Å². The highest BCUT2D eigenvalue weighted by molar-refractivity contribution is 5.86. The first-order valence-electron chi connectivity index (χ1n) is 6.43. The fraction of sp³-hybridized carbons (Fsp3) is 0.643. The number of hydrogen-bond donors (Lipinski definition) is 1. The van der Waals surface area contributed by atoms with Crippen LogP contribution in [-0.2, 0) is 4.74 Å². The minimum atomic E-state index is -0.441. The van der Waals surface area contributed by atoms with Crippen molar-refractivity contribution in [1.82, 2.24) is 5.32 Å².